The second-order valence-corrected chi connectivity index (χ2v) is 5.47. The standard InChI is InChI=1S/C16H13BrN2O/c1-19-15-8-3-2-7-13(15)14(16(19)20)10-18-12-6-4-5-11(17)9-12/h2-10,20H,1H3. The van der Waals surface area contributed by atoms with E-state index in [1.807, 2.05) is 55.6 Å². The number of hydrogen-bond donors (Lipinski definition) is 1. The first kappa shape index (κ1) is 12.9. The molecular formula is C16H13BrN2O. The minimum absolute atomic E-state index is 0.227. The van der Waals surface area contributed by atoms with Gasteiger partial charge in [0.2, 0.25) is 5.88 Å². The topological polar surface area (TPSA) is 37.5 Å². The Hall–Kier alpha value is -2.07. The molecule has 1 aromatic heterocycles. The summed E-state index contributed by atoms with van der Waals surface area (Å²) in [5.74, 6) is 0.227. The molecule has 0 bridgehead atoms. The Balaban J connectivity index is 2.09. The van der Waals surface area contributed by atoms with Crippen LogP contribution in [0.2, 0.25) is 0 Å². The predicted molar refractivity (Wildman–Crippen MR) is 86.0 cm³/mol. The average Bonchev–Trinajstić information content (AvgIpc) is 2.70. The van der Waals surface area contributed by atoms with E-state index in [0.29, 0.717) is 0 Å². The lowest BCUT2D eigenvalue weighted by atomic mass is 10.2. The third-order valence-electron chi connectivity index (χ3n) is 3.27. The first-order chi connectivity index (χ1) is 9.66. The molecule has 0 unspecified atom stereocenters. The number of para-hydroxylation sites is 1. The van der Waals surface area contributed by atoms with E-state index in [1.54, 1.807) is 10.8 Å². The number of benzene rings is 2. The van der Waals surface area contributed by atoms with E-state index < -0.39 is 0 Å². The summed E-state index contributed by atoms with van der Waals surface area (Å²) in [5, 5.41) is 11.2. The van der Waals surface area contributed by atoms with Crippen LogP contribution in [0.5, 0.6) is 5.88 Å². The molecule has 3 nitrogen and oxygen atoms in total. The smallest absolute Gasteiger partial charge is 0.200 e. The molecule has 0 atom stereocenters. The molecule has 0 spiro atoms. The molecule has 0 amide bonds. The van der Waals surface area contributed by atoms with Gasteiger partial charge in [0.1, 0.15) is 0 Å². The minimum atomic E-state index is 0.227. The Bertz CT molecular complexity index is 805. The summed E-state index contributed by atoms with van der Waals surface area (Å²) in [6.07, 6.45) is 1.71. The van der Waals surface area contributed by atoms with Crippen LogP contribution in [-0.2, 0) is 7.05 Å². The molecule has 0 saturated carbocycles. The third-order valence-corrected chi connectivity index (χ3v) is 3.76. The molecule has 3 rings (SSSR count). The number of aromatic hydroxyl groups is 1. The van der Waals surface area contributed by atoms with Crippen LogP contribution < -0.4 is 0 Å². The Kier molecular flexibility index (Phi) is 3.32. The highest BCUT2D eigenvalue weighted by atomic mass is 79.9. The van der Waals surface area contributed by atoms with Gasteiger partial charge in [-0.05, 0) is 24.3 Å². The van der Waals surface area contributed by atoms with Crippen LogP contribution in [0.1, 0.15) is 5.56 Å². The minimum Gasteiger partial charge on any atom is -0.494 e. The lowest BCUT2D eigenvalue weighted by Crippen LogP contribution is -1.85. The van der Waals surface area contributed by atoms with Gasteiger partial charge >= 0.3 is 0 Å². The zero-order chi connectivity index (χ0) is 14.1. The van der Waals surface area contributed by atoms with E-state index >= 15 is 0 Å². The highest BCUT2D eigenvalue weighted by molar-refractivity contribution is 9.10. The van der Waals surface area contributed by atoms with Gasteiger partial charge in [-0.15, -0.1) is 0 Å². The van der Waals surface area contributed by atoms with Gasteiger partial charge in [-0.3, -0.25) is 4.99 Å². The van der Waals surface area contributed by atoms with Crippen LogP contribution in [-0.4, -0.2) is 15.9 Å². The van der Waals surface area contributed by atoms with Crippen LogP contribution >= 0.6 is 15.9 Å². The van der Waals surface area contributed by atoms with Crippen molar-refractivity contribution in [3.63, 3.8) is 0 Å². The van der Waals surface area contributed by atoms with Crippen molar-refractivity contribution in [3.8, 4) is 5.88 Å². The highest BCUT2D eigenvalue weighted by Gasteiger charge is 2.11. The Morgan fingerprint density at radius 3 is 2.75 bits per heavy atom. The molecule has 4 heteroatoms. The molecule has 100 valence electrons. The molecule has 20 heavy (non-hydrogen) atoms. The van der Waals surface area contributed by atoms with Gasteiger partial charge in [0.15, 0.2) is 0 Å². The van der Waals surface area contributed by atoms with E-state index in [4.69, 9.17) is 0 Å². The second-order valence-electron chi connectivity index (χ2n) is 4.55. The summed E-state index contributed by atoms with van der Waals surface area (Å²) >= 11 is 3.42. The number of nitrogens with zero attached hydrogens (tertiary/aromatic N) is 2. The zero-order valence-corrected chi connectivity index (χ0v) is 12.5. The van der Waals surface area contributed by atoms with Gasteiger partial charge in [0, 0.05) is 23.1 Å². The van der Waals surface area contributed by atoms with Crippen molar-refractivity contribution < 1.29 is 5.11 Å². The summed E-state index contributed by atoms with van der Waals surface area (Å²) < 4.78 is 2.74. The van der Waals surface area contributed by atoms with E-state index in [-0.39, 0.29) is 5.88 Å². The zero-order valence-electron chi connectivity index (χ0n) is 10.9. The summed E-state index contributed by atoms with van der Waals surface area (Å²) in [7, 11) is 1.84. The number of hydrogen-bond acceptors (Lipinski definition) is 2. The largest absolute Gasteiger partial charge is 0.494 e. The normalized spacial score (nSPS) is 11.5. The van der Waals surface area contributed by atoms with Crippen molar-refractivity contribution in [2.24, 2.45) is 12.0 Å². The van der Waals surface area contributed by atoms with Crippen LogP contribution in [0.25, 0.3) is 10.9 Å². The molecule has 0 aliphatic heterocycles. The van der Waals surface area contributed by atoms with Crippen molar-refractivity contribution in [1.29, 1.82) is 0 Å². The van der Waals surface area contributed by atoms with Crippen molar-refractivity contribution in [2.45, 2.75) is 0 Å². The maximum atomic E-state index is 10.2. The predicted octanol–water partition coefficient (Wildman–Crippen LogP) is 4.40. The fraction of sp³-hybridized carbons (Fsp3) is 0.0625. The number of aromatic nitrogens is 1. The Morgan fingerprint density at radius 2 is 1.95 bits per heavy atom. The van der Waals surface area contributed by atoms with Gasteiger partial charge in [-0.1, -0.05) is 40.2 Å². The van der Waals surface area contributed by atoms with Crippen molar-refractivity contribution in [2.75, 3.05) is 0 Å². The van der Waals surface area contributed by atoms with Gasteiger partial charge in [0.25, 0.3) is 0 Å². The monoisotopic (exact) mass is 328 g/mol. The van der Waals surface area contributed by atoms with Crippen LogP contribution in [0.15, 0.2) is 58.0 Å². The molecule has 2 aromatic carbocycles. The SMILES string of the molecule is Cn1c(O)c(C=Nc2cccc(Br)c2)c2ccccc21. The molecule has 1 heterocycles. The second kappa shape index (κ2) is 5.13. The Morgan fingerprint density at radius 1 is 1.15 bits per heavy atom. The van der Waals surface area contributed by atoms with E-state index in [2.05, 4.69) is 20.9 Å². The summed E-state index contributed by atoms with van der Waals surface area (Å²) in [6, 6.07) is 15.6. The molecule has 0 saturated heterocycles. The lowest BCUT2D eigenvalue weighted by molar-refractivity contribution is 0.434. The molecule has 1 N–H and O–H groups in total. The van der Waals surface area contributed by atoms with Crippen molar-refractivity contribution in [3.05, 3.63) is 58.6 Å². The molecular weight excluding hydrogens is 316 g/mol. The Labute approximate surface area is 125 Å². The van der Waals surface area contributed by atoms with Gasteiger partial charge in [-0.2, -0.15) is 0 Å². The molecule has 0 aliphatic carbocycles. The van der Waals surface area contributed by atoms with E-state index in [0.717, 1.165) is 26.6 Å². The fourth-order valence-electron chi connectivity index (χ4n) is 2.23. The van der Waals surface area contributed by atoms with E-state index in [1.165, 1.54) is 0 Å². The van der Waals surface area contributed by atoms with Crippen LogP contribution in [0.3, 0.4) is 0 Å². The first-order valence-corrected chi connectivity index (χ1v) is 7.02. The maximum Gasteiger partial charge on any atom is 0.200 e. The first-order valence-electron chi connectivity index (χ1n) is 6.23. The quantitative estimate of drug-likeness (QED) is 0.696. The maximum absolute atomic E-state index is 10.2. The van der Waals surface area contributed by atoms with Gasteiger partial charge < -0.3 is 9.67 Å². The van der Waals surface area contributed by atoms with E-state index in [9.17, 15) is 5.11 Å². The molecule has 3 aromatic rings. The summed E-state index contributed by atoms with van der Waals surface area (Å²) in [4.78, 5) is 4.43. The number of aryl methyl sites for hydroxylation is 1. The number of aliphatic imine (C=N–C) groups is 1. The fourth-order valence-corrected chi connectivity index (χ4v) is 2.62. The van der Waals surface area contributed by atoms with Crippen LogP contribution in [0, 0.1) is 0 Å². The summed E-state index contributed by atoms with van der Waals surface area (Å²) in [5.41, 5.74) is 2.57. The average molecular weight is 329 g/mol. The van der Waals surface area contributed by atoms with Crippen molar-refractivity contribution >= 4 is 38.7 Å². The van der Waals surface area contributed by atoms with Crippen LogP contribution in [0.4, 0.5) is 5.69 Å². The lowest BCUT2D eigenvalue weighted by Gasteiger charge is -1.96. The number of fused-ring (bicyclic) bond motifs is 1. The number of halogens is 1. The summed E-state index contributed by atoms with van der Waals surface area (Å²) in [6.45, 7) is 0. The number of rotatable bonds is 2. The van der Waals surface area contributed by atoms with Gasteiger partial charge in [-0.25, -0.2) is 0 Å². The highest BCUT2D eigenvalue weighted by Crippen LogP contribution is 2.29. The molecule has 0 aliphatic rings. The molecule has 0 radical (unpaired) electrons. The third kappa shape index (κ3) is 2.23. The molecule has 0 fully saturated rings. The van der Waals surface area contributed by atoms with Gasteiger partial charge in [0.05, 0.1) is 16.8 Å². The van der Waals surface area contributed by atoms with Crippen molar-refractivity contribution in [1.82, 2.24) is 4.57 Å².